The van der Waals surface area contributed by atoms with Gasteiger partial charge >= 0.3 is 0 Å². The summed E-state index contributed by atoms with van der Waals surface area (Å²) in [5, 5.41) is 7.94. The second kappa shape index (κ2) is 10.6. The molecule has 0 aromatic heterocycles. The maximum Gasteiger partial charge on any atom is -0.000151 e. The molecular formula is C43H32. The Balaban J connectivity index is 1.76. The number of benzene rings is 7. The van der Waals surface area contributed by atoms with Crippen LogP contribution in [0.15, 0.2) is 140 Å². The van der Waals surface area contributed by atoms with Crippen molar-refractivity contribution in [2.24, 2.45) is 0 Å². The monoisotopic (exact) mass is 548 g/mol. The lowest BCUT2D eigenvalue weighted by atomic mass is 9.78. The fourth-order valence-electron chi connectivity index (χ4n) is 7.09. The molecule has 0 heteroatoms. The zero-order chi connectivity index (χ0) is 28.8. The van der Waals surface area contributed by atoms with Gasteiger partial charge in [-0.15, -0.1) is 0 Å². The van der Waals surface area contributed by atoms with Gasteiger partial charge in [-0.1, -0.05) is 157 Å². The highest BCUT2D eigenvalue weighted by Crippen LogP contribution is 2.48. The molecule has 0 nitrogen and oxygen atoms in total. The Hall–Kier alpha value is -5.20. The molecular weight excluding hydrogens is 516 g/mol. The summed E-state index contributed by atoms with van der Waals surface area (Å²) in [6.07, 6.45) is 7.07. The molecule has 43 heavy (non-hydrogen) atoms. The molecule has 0 aliphatic heterocycles. The van der Waals surface area contributed by atoms with Gasteiger partial charge in [-0.05, 0) is 96.3 Å². The quantitative estimate of drug-likeness (QED) is 0.192. The number of rotatable bonds is 4. The predicted octanol–water partition coefficient (Wildman–Crippen LogP) is 10.3. The molecule has 0 radical (unpaired) electrons. The van der Waals surface area contributed by atoms with E-state index in [9.17, 15) is 0 Å². The van der Waals surface area contributed by atoms with Gasteiger partial charge in [0.2, 0.25) is 0 Å². The number of hydrogen-bond donors (Lipinski definition) is 0. The molecule has 1 aliphatic rings. The van der Waals surface area contributed by atoms with Crippen LogP contribution in [0, 0.1) is 6.92 Å². The second-order valence-corrected chi connectivity index (χ2v) is 11.6. The maximum absolute atomic E-state index is 2.49. The summed E-state index contributed by atoms with van der Waals surface area (Å²) >= 11 is 0. The van der Waals surface area contributed by atoms with E-state index >= 15 is 0 Å². The van der Waals surface area contributed by atoms with Crippen molar-refractivity contribution in [3.8, 4) is 44.5 Å². The van der Waals surface area contributed by atoms with Crippen LogP contribution in [0.25, 0.3) is 78.2 Å². The molecule has 0 spiro atoms. The molecule has 0 fully saturated rings. The lowest BCUT2D eigenvalue weighted by Gasteiger charge is -2.25. The van der Waals surface area contributed by atoms with Crippen LogP contribution < -0.4 is 10.4 Å². The van der Waals surface area contributed by atoms with Gasteiger partial charge in [-0.3, -0.25) is 0 Å². The Kier molecular flexibility index (Phi) is 6.27. The normalized spacial score (nSPS) is 12.5. The van der Waals surface area contributed by atoms with E-state index in [1.807, 2.05) is 0 Å². The van der Waals surface area contributed by atoms with E-state index in [0.717, 1.165) is 12.8 Å². The Morgan fingerprint density at radius 2 is 0.698 bits per heavy atom. The first-order chi connectivity index (χ1) is 21.3. The van der Waals surface area contributed by atoms with Gasteiger partial charge in [0.15, 0.2) is 0 Å². The summed E-state index contributed by atoms with van der Waals surface area (Å²) in [4.78, 5) is 0. The van der Waals surface area contributed by atoms with Crippen molar-refractivity contribution in [1.82, 2.24) is 0 Å². The zero-order valence-electron chi connectivity index (χ0n) is 24.3. The van der Waals surface area contributed by atoms with Crippen molar-refractivity contribution in [2.45, 2.75) is 19.8 Å². The minimum Gasteiger partial charge on any atom is -0.0757 e. The van der Waals surface area contributed by atoms with E-state index in [1.165, 1.54) is 82.1 Å². The van der Waals surface area contributed by atoms with Gasteiger partial charge in [0.05, 0.1) is 0 Å². The molecule has 0 saturated carbocycles. The van der Waals surface area contributed by atoms with Crippen LogP contribution >= 0.6 is 0 Å². The Morgan fingerprint density at radius 1 is 0.349 bits per heavy atom. The first-order valence-electron chi connectivity index (χ1n) is 15.3. The molecule has 0 amide bonds. The van der Waals surface area contributed by atoms with Crippen LogP contribution in [0.2, 0.25) is 0 Å². The molecule has 0 N–H and O–H groups in total. The van der Waals surface area contributed by atoms with Crippen molar-refractivity contribution in [2.75, 3.05) is 0 Å². The van der Waals surface area contributed by atoms with E-state index in [2.05, 4.69) is 159 Å². The Labute approximate surface area is 252 Å². The fraction of sp³-hybridized carbons (Fsp3) is 0.0698. The Bertz CT molecular complexity index is 2240. The van der Waals surface area contributed by atoms with Gasteiger partial charge in [-0.2, -0.15) is 0 Å². The summed E-state index contributed by atoms with van der Waals surface area (Å²) in [6, 6.07) is 51.3. The van der Waals surface area contributed by atoms with Crippen LogP contribution in [-0.4, -0.2) is 0 Å². The van der Waals surface area contributed by atoms with Gasteiger partial charge in [0.1, 0.15) is 0 Å². The van der Waals surface area contributed by atoms with Gasteiger partial charge in [0.25, 0.3) is 0 Å². The van der Waals surface area contributed by atoms with E-state index in [0.29, 0.717) is 0 Å². The van der Waals surface area contributed by atoms with Crippen LogP contribution in [0.1, 0.15) is 18.4 Å². The molecule has 7 aromatic rings. The first kappa shape index (κ1) is 25.5. The number of aryl methyl sites for hydroxylation is 1. The summed E-state index contributed by atoms with van der Waals surface area (Å²) in [5.74, 6) is 0. The zero-order valence-corrected chi connectivity index (χ0v) is 24.3. The lowest BCUT2D eigenvalue weighted by molar-refractivity contribution is 1.12. The summed E-state index contributed by atoms with van der Waals surface area (Å²) in [5.41, 5.74) is 11.6. The molecule has 0 heterocycles. The fourth-order valence-corrected chi connectivity index (χ4v) is 7.09. The van der Waals surface area contributed by atoms with E-state index in [-0.39, 0.29) is 0 Å². The summed E-state index contributed by atoms with van der Waals surface area (Å²) < 4.78 is 0. The first-order valence-corrected chi connectivity index (χ1v) is 15.3. The van der Waals surface area contributed by atoms with Crippen molar-refractivity contribution in [3.63, 3.8) is 0 Å². The highest BCUT2D eigenvalue weighted by atomic mass is 14.3. The third kappa shape index (κ3) is 4.22. The number of fused-ring (bicyclic) bond motifs is 3. The van der Waals surface area contributed by atoms with E-state index in [1.54, 1.807) is 0 Å². The average molecular weight is 549 g/mol. The molecule has 0 atom stereocenters. The van der Waals surface area contributed by atoms with Crippen LogP contribution in [0.5, 0.6) is 0 Å². The minimum atomic E-state index is 1.05. The topological polar surface area (TPSA) is 0 Å². The van der Waals surface area contributed by atoms with Crippen molar-refractivity contribution >= 4 is 33.7 Å². The largest absolute Gasteiger partial charge is 0.0757 e. The van der Waals surface area contributed by atoms with Crippen molar-refractivity contribution in [1.29, 1.82) is 0 Å². The molecule has 0 bridgehead atoms. The van der Waals surface area contributed by atoms with Crippen molar-refractivity contribution in [3.05, 3.63) is 156 Å². The third-order valence-electron chi connectivity index (χ3n) is 8.94. The molecule has 8 rings (SSSR count). The highest BCUT2D eigenvalue weighted by molar-refractivity contribution is 6.28. The average Bonchev–Trinajstić information content (AvgIpc) is 3.08. The second-order valence-electron chi connectivity index (χ2n) is 11.6. The molecule has 0 saturated heterocycles. The van der Waals surface area contributed by atoms with Crippen molar-refractivity contribution < 1.29 is 0 Å². The third-order valence-corrected chi connectivity index (χ3v) is 8.94. The lowest BCUT2D eigenvalue weighted by Crippen LogP contribution is -2.32. The van der Waals surface area contributed by atoms with E-state index in [4.69, 9.17) is 0 Å². The van der Waals surface area contributed by atoms with Crippen LogP contribution in [-0.2, 0) is 0 Å². The van der Waals surface area contributed by atoms with Crippen LogP contribution in [0.4, 0.5) is 0 Å². The maximum atomic E-state index is 2.49. The SMILES string of the molecule is Cc1ccc(-c2c3ccccc3c(-c3ccccc3)c3c(-c4ccccc4)c4c(c(-c5ccccc5)c23)=CCCC=4)cc1. The molecule has 0 unspecified atom stereocenters. The molecule has 7 aromatic carbocycles. The molecule has 1 aliphatic carbocycles. The smallest absolute Gasteiger partial charge is 0.000151 e. The summed E-state index contributed by atoms with van der Waals surface area (Å²) in [7, 11) is 0. The standard InChI is InChI=1S/C43H32/c1-29-25-27-33(28-26-29)41-37-24-14-13-23-36(37)39(31-17-7-3-8-18-31)42-38(30-15-5-2-6-16-30)34-21-11-12-22-35(34)40(43(41)42)32-19-9-4-10-20-32/h2-10,13-28H,11-12H2,1H3. The van der Waals surface area contributed by atoms with E-state index < -0.39 is 0 Å². The highest BCUT2D eigenvalue weighted by Gasteiger charge is 2.25. The predicted molar refractivity (Wildman–Crippen MR) is 185 cm³/mol. The van der Waals surface area contributed by atoms with Gasteiger partial charge in [0, 0.05) is 0 Å². The molecule has 204 valence electrons. The van der Waals surface area contributed by atoms with Crippen LogP contribution in [0.3, 0.4) is 0 Å². The summed E-state index contributed by atoms with van der Waals surface area (Å²) in [6.45, 7) is 2.17. The van der Waals surface area contributed by atoms with Gasteiger partial charge < -0.3 is 0 Å². The van der Waals surface area contributed by atoms with Gasteiger partial charge in [-0.25, -0.2) is 0 Å². The minimum absolute atomic E-state index is 1.05. The number of hydrogen-bond acceptors (Lipinski definition) is 0. The Morgan fingerprint density at radius 3 is 1.12 bits per heavy atom.